The number of aryl methyl sites for hydroxylation is 2. The third-order valence-corrected chi connectivity index (χ3v) is 5.07. The van der Waals surface area contributed by atoms with Crippen molar-refractivity contribution in [3.63, 3.8) is 0 Å². The molecule has 6 nitrogen and oxygen atoms in total. The van der Waals surface area contributed by atoms with Gasteiger partial charge in [-0.25, -0.2) is 0 Å². The molecule has 2 aromatic carbocycles. The molecule has 3 rings (SSSR count). The van der Waals surface area contributed by atoms with Crippen molar-refractivity contribution in [1.82, 2.24) is 9.80 Å². The van der Waals surface area contributed by atoms with Gasteiger partial charge in [0.25, 0.3) is 0 Å². The van der Waals surface area contributed by atoms with Crippen LogP contribution in [0.5, 0.6) is 11.5 Å². The molecule has 1 aliphatic heterocycles. The zero-order valence-electron chi connectivity index (χ0n) is 17.6. The molecule has 1 N–H and O–H groups in total. The van der Waals surface area contributed by atoms with Gasteiger partial charge in [0.15, 0.2) is 0 Å². The number of ether oxygens (including phenoxy) is 2. The van der Waals surface area contributed by atoms with E-state index in [1.54, 1.807) is 7.11 Å². The largest absolute Gasteiger partial charge is 0.497 e. The van der Waals surface area contributed by atoms with E-state index in [0.717, 1.165) is 61.0 Å². The molecule has 0 spiro atoms. The molecule has 0 saturated carbocycles. The predicted octanol–water partition coefficient (Wildman–Crippen LogP) is 2.95. The van der Waals surface area contributed by atoms with E-state index in [4.69, 9.17) is 9.47 Å². The van der Waals surface area contributed by atoms with Gasteiger partial charge in [-0.2, -0.15) is 0 Å². The summed E-state index contributed by atoms with van der Waals surface area (Å²) in [5, 5.41) is 3.02. The molecule has 1 amide bonds. The Hall–Kier alpha value is -2.57. The van der Waals surface area contributed by atoms with Crippen LogP contribution < -0.4 is 14.8 Å². The fraction of sp³-hybridized carbons (Fsp3) is 0.435. The first-order chi connectivity index (χ1) is 14.0. The fourth-order valence-corrected chi connectivity index (χ4v) is 3.59. The average Bonchev–Trinajstić information content (AvgIpc) is 2.69. The zero-order valence-corrected chi connectivity index (χ0v) is 17.6. The summed E-state index contributed by atoms with van der Waals surface area (Å²) in [4.78, 5) is 16.9. The zero-order chi connectivity index (χ0) is 20.6. The number of methoxy groups -OCH3 is 1. The summed E-state index contributed by atoms with van der Waals surface area (Å²) in [6, 6.07) is 13.8. The van der Waals surface area contributed by atoms with Gasteiger partial charge in [-0.15, -0.1) is 0 Å². The van der Waals surface area contributed by atoms with Crippen LogP contribution in [0.25, 0.3) is 0 Å². The number of hydrogen-bond donors (Lipinski definition) is 1. The lowest BCUT2D eigenvalue weighted by atomic mass is 10.1. The molecule has 0 atom stereocenters. The number of hydrogen-bond acceptors (Lipinski definition) is 5. The molecule has 1 fully saturated rings. The molecule has 0 bridgehead atoms. The summed E-state index contributed by atoms with van der Waals surface area (Å²) in [6.45, 7) is 9.73. The molecule has 1 saturated heterocycles. The van der Waals surface area contributed by atoms with Crippen LogP contribution in [0.4, 0.5) is 5.69 Å². The van der Waals surface area contributed by atoms with Gasteiger partial charge in [-0.05, 0) is 61.4 Å². The molecular formula is C23H31N3O3. The number of rotatable bonds is 8. The minimum Gasteiger partial charge on any atom is -0.497 e. The second-order valence-electron chi connectivity index (χ2n) is 7.57. The third-order valence-electron chi connectivity index (χ3n) is 5.07. The van der Waals surface area contributed by atoms with Crippen molar-refractivity contribution in [2.75, 3.05) is 58.3 Å². The van der Waals surface area contributed by atoms with Crippen LogP contribution in [-0.4, -0.2) is 68.7 Å². The Labute approximate surface area is 173 Å². The van der Waals surface area contributed by atoms with Crippen molar-refractivity contribution >= 4 is 11.6 Å². The summed E-state index contributed by atoms with van der Waals surface area (Å²) in [7, 11) is 1.66. The number of anilines is 1. The van der Waals surface area contributed by atoms with Gasteiger partial charge >= 0.3 is 0 Å². The molecule has 2 aromatic rings. The topological polar surface area (TPSA) is 54.0 Å². The van der Waals surface area contributed by atoms with Gasteiger partial charge < -0.3 is 14.8 Å². The summed E-state index contributed by atoms with van der Waals surface area (Å²) < 4.78 is 11.0. The lowest BCUT2D eigenvalue weighted by Crippen LogP contribution is -2.49. The minimum atomic E-state index is 0.0475. The monoisotopic (exact) mass is 397 g/mol. The SMILES string of the molecule is COc1ccc(OCCN2CCN(CC(=O)Nc3cc(C)cc(C)c3)CC2)cc1. The smallest absolute Gasteiger partial charge is 0.238 e. The van der Waals surface area contributed by atoms with Gasteiger partial charge in [-0.3, -0.25) is 14.6 Å². The Morgan fingerprint density at radius 1 is 0.931 bits per heavy atom. The van der Waals surface area contributed by atoms with Crippen molar-refractivity contribution in [2.45, 2.75) is 13.8 Å². The lowest BCUT2D eigenvalue weighted by molar-refractivity contribution is -0.117. The van der Waals surface area contributed by atoms with E-state index in [-0.39, 0.29) is 5.91 Å². The molecule has 0 aromatic heterocycles. The number of piperazine rings is 1. The first-order valence-electron chi connectivity index (χ1n) is 10.1. The van der Waals surface area contributed by atoms with Crippen LogP contribution in [0.3, 0.4) is 0 Å². The van der Waals surface area contributed by atoms with E-state index in [2.05, 4.69) is 21.2 Å². The van der Waals surface area contributed by atoms with Gasteiger partial charge in [0, 0.05) is 38.4 Å². The molecule has 1 aliphatic rings. The summed E-state index contributed by atoms with van der Waals surface area (Å²) in [5.41, 5.74) is 3.19. The number of amides is 1. The molecule has 29 heavy (non-hydrogen) atoms. The van der Waals surface area contributed by atoms with Crippen LogP contribution in [0.1, 0.15) is 11.1 Å². The quantitative estimate of drug-likeness (QED) is 0.742. The molecule has 0 unspecified atom stereocenters. The van der Waals surface area contributed by atoms with Crippen molar-refractivity contribution in [2.24, 2.45) is 0 Å². The molecular weight excluding hydrogens is 366 g/mol. The van der Waals surface area contributed by atoms with Crippen molar-refractivity contribution in [1.29, 1.82) is 0 Å². The molecule has 156 valence electrons. The van der Waals surface area contributed by atoms with Crippen molar-refractivity contribution in [3.05, 3.63) is 53.6 Å². The maximum absolute atomic E-state index is 12.4. The highest BCUT2D eigenvalue weighted by molar-refractivity contribution is 5.92. The molecule has 6 heteroatoms. The van der Waals surface area contributed by atoms with Crippen molar-refractivity contribution in [3.8, 4) is 11.5 Å². The number of carbonyl (C=O) groups is 1. The molecule has 1 heterocycles. The Morgan fingerprint density at radius 2 is 1.52 bits per heavy atom. The van der Waals surface area contributed by atoms with E-state index in [9.17, 15) is 4.79 Å². The second-order valence-corrected chi connectivity index (χ2v) is 7.57. The van der Waals surface area contributed by atoms with E-state index in [0.29, 0.717) is 13.2 Å². The highest BCUT2D eigenvalue weighted by Gasteiger charge is 2.19. The minimum absolute atomic E-state index is 0.0475. The highest BCUT2D eigenvalue weighted by Crippen LogP contribution is 2.17. The summed E-state index contributed by atoms with van der Waals surface area (Å²) in [6.07, 6.45) is 0. The predicted molar refractivity (Wildman–Crippen MR) is 116 cm³/mol. The lowest BCUT2D eigenvalue weighted by Gasteiger charge is -2.34. The maximum atomic E-state index is 12.4. The van der Waals surface area contributed by atoms with Crippen LogP contribution in [0.15, 0.2) is 42.5 Å². The number of benzene rings is 2. The molecule has 0 aliphatic carbocycles. The van der Waals surface area contributed by atoms with Gasteiger partial charge in [0.1, 0.15) is 18.1 Å². The maximum Gasteiger partial charge on any atom is 0.238 e. The Kier molecular flexibility index (Phi) is 7.49. The number of nitrogens with one attached hydrogen (secondary N) is 1. The third kappa shape index (κ3) is 6.76. The van der Waals surface area contributed by atoms with E-state index >= 15 is 0 Å². The fourth-order valence-electron chi connectivity index (χ4n) is 3.59. The highest BCUT2D eigenvalue weighted by atomic mass is 16.5. The van der Waals surface area contributed by atoms with Gasteiger partial charge in [0.2, 0.25) is 5.91 Å². The van der Waals surface area contributed by atoms with Crippen LogP contribution in [-0.2, 0) is 4.79 Å². The standard InChI is InChI=1S/C23H31N3O3/c1-18-14-19(2)16-20(15-18)24-23(27)17-26-10-8-25(9-11-26)12-13-29-22-6-4-21(28-3)5-7-22/h4-7,14-16H,8-13,17H2,1-3H3,(H,24,27). The van der Waals surface area contributed by atoms with Gasteiger partial charge in [0.05, 0.1) is 13.7 Å². The first kappa shape index (κ1) is 21.1. The normalized spacial score (nSPS) is 15.1. The second kappa shape index (κ2) is 10.3. The van der Waals surface area contributed by atoms with E-state index in [1.165, 1.54) is 0 Å². The van der Waals surface area contributed by atoms with Crippen LogP contribution in [0.2, 0.25) is 0 Å². The van der Waals surface area contributed by atoms with Crippen LogP contribution in [0, 0.1) is 13.8 Å². The Balaban J connectivity index is 1.34. The first-order valence-corrected chi connectivity index (χ1v) is 10.1. The Morgan fingerprint density at radius 3 is 2.14 bits per heavy atom. The Bertz CT molecular complexity index is 779. The molecule has 0 radical (unpaired) electrons. The van der Waals surface area contributed by atoms with E-state index in [1.807, 2.05) is 50.2 Å². The van der Waals surface area contributed by atoms with Crippen LogP contribution >= 0.6 is 0 Å². The average molecular weight is 398 g/mol. The van der Waals surface area contributed by atoms with Crippen molar-refractivity contribution < 1.29 is 14.3 Å². The number of nitrogens with zero attached hydrogens (tertiary/aromatic N) is 2. The summed E-state index contributed by atoms with van der Waals surface area (Å²) >= 11 is 0. The summed E-state index contributed by atoms with van der Waals surface area (Å²) in [5.74, 6) is 1.73. The number of carbonyl (C=O) groups excluding carboxylic acids is 1. The van der Waals surface area contributed by atoms with Gasteiger partial charge in [-0.1, -0.05) is 6.07 Å². The van der Waals surface area contributed by atoms with E-state index < -0.39 is 0 Å².